The molecule has 0 aliphatic rings. The predicted molar refractivity (Wildman–Crippen MR) is 90.7 cm³/mol. The number of benzene rings is 2. The zero-order valence-electron chi connectivity index (χ0n) is 13.3. The van der Waals surface area contributed by atoms with Gasteiger partial charge in [0.25, 0.3) is 0 Å². The van der Waals surface area contributed by atoms with E-state index in [2.05, 4.69) is 0 Å². The van der Waals surface area contributed by atoms with E-state index in [1.54, 1.807) is 24.3 Å². The summed E-state index contributed by atoms with van der Waals surface area (Å²) in [4.78, 5) is 23.3. The quantitative estimate of drug-likeness (QED) is 0.481. The van der Waals surface area contributed by atoms with Crippen LogP contribution in [0.15, 0.2) is 42.5 Å². The minimum absolute atomic E-state index is 0.0491. The van der Waals surface area contributed by atoms with Crippen molar-refractivity contribution in [3.05, 3.63) is 59.2 Å². The molecule has 0 atom stereocenters. The Morgan fingerprint density at radius 1 is 1.04 bits per heavy atom. The van der Waals surface area contributed by atoms with Crippen LogP contribution in [-0.4, -0.2) is 31.1 Å². The molecule has 0 saturated heterocycles. The number of carbonyl (C=O) groups is 2. The van der Waals surface area contributed by atoms with Crippen molar-refractivity contribution in [1.29, 1.82) is 0 Å². The Morgan fingerprint density at radius 2 is 1.71 bits per heavy atom. The molecule has 0 aliphatic carbocycles. The van der Waals surface area contributed by atoms with Crippen molar-refractivity contribution in [2.75, 3.05) is 20.0 Å². The Kier molecular flexibility index (Phi) is 5.21. The Morgan fingerprint density at radius 3 is 2.33 bits per heavy atom. The van der Waals surface area contributed by atoms with Gasteiger partial charge in [-0.25, -0.2) is 4.79 Å². The van der Waals surface area contributed by atoms with Gasteiger partial charge in [0.1, 0.15) is 0 Å². The van der Waals surface area contributed by atoms with Crippen LogP contribution in [0.4, 0.5) is 5.69 Å². The lowest BCUT2D eigenvalue weighted by Gasteiger charge is -2.08. The highest BCUT2D eigenvalue weighted by atomic mass is 16.5. The van der Waals surface area contributed by atoms with Gasteiger partial charge in [-0.15, -0.1) is 0 Å². The largest absolute Gasteiger partial charge is 0.493 e. The number of nitrogen functional groups attached to an aromatic ring is 1. The van der Waals surface area contributed by atoms with Crippen molar-refractivity contribution in [1.82, 2.24) is 0 Å². The number of carbonyl (C=O) groups excluding carboxylic acids is 1. The van der Waals surface area contributed by atoms with E-state index < -0.39 is 5.97 Å². The van der Waals surface area contributed by atoms with Gasteiger partial charge in [0.05, 0.1) is 25.5 Å². The number of carboxylic acid groups (broad SMARTS) is 1. The second-order valence-electron chi connectivity index (χ2n) is 4.88. The topological polar surface area (TPSA) is 98.9 Å². The number of carboxylic acids is 1. The molecule has 0 heterocycles. The fraction of sp³-hybridized carbons (Fsp3) is 0.111. The highest BCUT2D eigenvalue weighted by Crippen LogP contribution is 2.28. The number of para-hydroxylation sites is 1. The molecule has 0 spiro atoms. The lowest BCUT2D eigenvalue weighted by atomic mass is 10.0. The van der Waals surface area contributed by atoms with Crippen LogP contribution in [0.2, 0.25) is 0 Å². The second-order valence-corrected chi connectivity index (χ2v) is 4.88. The molecule has 124 valence electrons. The molecular weight excluding hydrogens is 310 g/mol. The molecule has 0 aromatic heterocycles. The molecular formula is C18H17NO5. The van der Waals surface area contributed by atoms with Gasteiger partial charge < -0.3 is 20.3 Å². The minimum atomic E-state index is -1.17. The van der Waals surface area contributed by atoms with Gasteiger partial charge >= 0.3 is 5.97 Å². The second kappa shape index (κ2) is 7.32. The SMILES string of the molecule is COc1ccc(/C=C/C(=O)c2cccc(C(=O)O)c2N)cc1OC. The van der Waals surface area contributed by atoms with Crippen LogP contribution in [0.1, 0.15) is 26.3 Å². The molecule has 0 saturated carbocycles. The Bertz CT molecular complexity index is 811. The van der Waals surface area contributed by atoms with E-state index in [4.69, 9.17) is 20.3 Å². The number of rotatable bonds is 6. The average Bonchev–Trinajstić information content (AvgIpc) is 2.59. The first-order valence-corrected chi connectivity index (χ1v) is 7.04. The van der Waals surface area contributed by atoms with E-state index in [1.165, 1.54) is 38.5 Å². The van der Waals surface area contributed by atoms with Gasteiger partial charge in [-0.05, 0) is 35.9 Å². The highest BCUT2D eigenvalue weighted by molar-refractivity contribution is 6.12. The number of anilines is 1. The van der Waals surface area contributed by atoms with Crippen molar-refractivity contribution in [2.45, 2.75) is 0 Å². The van der Waals surface area contributed by atoms with Crippen molar-refractivity contribution < 1.29 is 24.2 Å². The van der Waals surface area contributed by atoms with Crippen molar-refractivity contribution in [3.8, 4) is 11.5 Å². The zero-order chi connectivity index (χ0) is 17.7. The fourth-order valence-electron chi connectivity index (χ4n) is 2.18. The van der Waals surface area contributed by atoms with E-state index in [-0.39, 0.29) is 22.6 Å². The van der Waals surface area contributed by atoms with Crippen LogP contribution in [0.25, 0.3) is 6.08 Å². The molecule has 0 aliphatic heterocycles. The standard InChI is InChI=1S/C18H17NO5/c1-23-15-9-7-11(10-16(15)24-2)6-8-14(20)12-4-3-5-13(17(12)19)18(21)22/h3-10H,19H2,1-2H3,(H,21,22)/b8-6+. The van der Waals surface area contributed by atoms with Gasteiger partial charge in [0, 0.05) is 5.56 Å². The molecule has 0 amide bonds. The van der Waals surface area contributed by atoms with Crippen LogP contribution in [0.3, 0.4) is 0 Å². The third-order valence-corrected chi connectivity index (χ3v) is 3.44. The number of nitrogens with two attached hydrogens (primary N) is 1. The monoisotopic (exact) mass is 327 g/mol. The van der Waals surface area contributed by atoms with Crippen LogP contribution >= 0.6 is 0 Å². The van der Waals surface area contributed by atoms with Crippen LogP contribution in [0, 0.1) is 0 Å². The summed E-state index contributed by atoms with van der Waals surface area (Å²) in [5.74, 6) is -0.435. The van der Waals surface area contributed by atoms with E-state index in [1.807, 2.05) is 0 Å². The third-order valence-electron chi connectivity index (χ3n) is 3.44. The first kappa shape index (κ1) is 17.1. The molecule has 0 unspecified atom stereocenters. The summed E-state index contributed by atoms with van der Waals surface area (Å²) in [5, 5.41) is 9.05. The number of methoxy groups -OCH3 is 2. The Hall–Kier alpha value is -3.28. The summed E-state index contributed by atoms with van der Waals surface area (Å²) in [7, 11) is 3.06. The highest BCUT2D eigenvalue weighted by Gasteiger charge is 2.14. The molecule has 2 aromatic carbocycles. The number of allylic oxidation sites excluding steroid dienone is 1. The van der Waals surface area contributed by atoms with Crippen molar-refractivity contribution in [3.63, 3.8) is 0 Å². The summed E-state index contributed by atoms with van der Waals surface area (Å²) < 4.78 is 10.3. The lowest BCUT2D eigenvalue weighted by molar-refractivity contribution is 0.0698. The Balaban J connectivity index is 2.28. The van der Waals surface area contributed by atoms with E-state index in [9.17, 15) is 9.59 Å². The molecule has 24 heavy (non-hydrogen) atoms. The maximum absolute atomic E-state index is 12.3. The van der Waals surface area contributed by atoms with Gasteiger partial charge in [0.2, 0.25) is 0 Å². The average molecular weight is 327 g/mol. The summed E-state index contributed by atoms with van der Waals surface area (Å²) in [6.07, 6.45) is 2.93. The van der Waals surface area contributed by atoms with Crippen LogP contribution < -0.4 is 15.2 Å². The van der Waals surface area contributed by atoms with Crippen molar-refractivity contribution in [2.24, 2.45) is 0 Å². The summed E-state index contributed by atoms with van der Waals surface area (Å²) in [5.41, 5.74) is 6.50. The van der Waals surface area contributed by atoms with E-state index in [0.717, 1.165) is 5.56 Å². The summed E-state index contributed by atoms with van der Waals surface area (Å²) >= 11 is 0. The van der Waals surface area contributed by atoms with Gasteiger partial charge in [-0.2, -0.15) is 0 Å². The number of hydrogen-bond donors (Lipinski definition) is 2. The van der Waals surface area contributed by atoms with Gasteiger partial charge in [-0.1, -0.05) is 18.2 Å². The normalized spacial score (nSPS) is 10.6. The van der Waals surface area contributed by atoms with Crippen LogP contribution in [-0.2, 0) is 0 Å². The van der Waals surface area contributed by atoms with Gasteiger partial charge in [0.15, 0.2) is 17.3 Å². The Labute approximate surface area is 139 Å². The zero-order valence-corrected chi connectivity index (χ0v) is 13.3. The molecule has 3 N–H and O–H groups in total. The number of ether oxygens (including phenoxy) is 2. The maximum atomic E-state index is 12.3. The number of ketones is 1. The third kappa shape index (κ3) is 3.55. The molecule has 0 fully saturated rings. The number of hydrogen-bond acceptors (Lipinski definition) is 5. The fourth-order valence-corrected chi connectivity index (χ4v) is 2.18. The molecule has 0 radical (unpaired) electrons. The van der Waals surface area contributed by atoms with Crippen molar-refractivity contribution >= 4 is 23.5 Å². The number of aromatic carboxylic acids is 1. The molecule has 2 rings (SSSR count). The smallest absolute Gasteiger partial charge is 0.337 e. The first-order valence-electron chi connectivity index (χ1n) is 7.04. The maximum Gasteiger partial charge on any atom is 0.337 e. The van der Waals surface area contributed by atoms with Gasteiger partial charge in [-0.3, -0.25) is 4.79 Å². The molecule has 0 bridgehead atoms. The summed E-state index contributed by atoms with van der Waals surface area (Å²) in [6, 6.07) is 9.54. The van der Waals surface area contributed by atoms with E-state index in [0.29, 0.717) is 11.5 Å². The summed E-state index contributed by atoms with van der Waals surface area (Å²) in [6.45, 7) is 0. The minimum Gasteiger partial charge on any atom is -0.493 e. The first-order chi connectivity index (χ1) is 11.5. The predicted octanol–water partition coefficient (Wildman–Crippen LogP) is 2.88. The van der Waals surface area contributed by atoms with E-state index >= 15 is 0 Å². The molecule has 2 aromatic rings. The lowest BCUT2D eigenvalue weighted by Crippen LogP contribution is -2.08. The van der Waals surface area contributed by atoms with Crippen LogP contribution in [0.5, 0.6) is 11.5 Å². The molecule has 6 nitrogen and oxygen atoms in total. The molecule has 6 heteroatoms.